The SMILES string of the molecule is Cc1ccc(C(=O)COC2CCC(C)C(C)C2)c(C)c1. The first kappa shape index (κ1) is 15.2. The van der Waals surface area contributed by atoms with Crippen LogP contribution < -0.4 is 0 Å². The van der Waals surface area contributed by atoms with Gasteiger partial charge in [-0.15, -0.1) is 0 Å². The lowest BCUT2D eigenvalue weighted by molar-refractivity contribution is 0.00705. The van der Waals surface area contributed by atoms with Gasteiger partial charge >= 0.3 is 0 Å². The molecule has 2 nitrogen and oxygen atoms in total. The predicted molar refractivity (Wildman–Crippen MR) is 82.2 cm³/mol. The highest BCUT2D eigenvalue weighted by molar-refractivity contribution is 5.98. The Morgan fingerprint density at radius 2 is 1.95 bits per heavy atom. The van der Waals surface area contributed by atoms with E-state index in [0.717, 1.165) is 29.9 Å². The Balaban J connectivity index is 1.89. The van der Waals surface area contributed by atoms with Gasteiger partial charge in [0.2, 0.25) is 0 Å². The van der Waals surface area contributed by atoms with Gasteiger partial charge in [0.1, 0.15) is 6.61 Å². The maximum absolute atomic E-state index is 12.2. The number of hydrogen-bond donors (Lipinski definition) is 0. The van der Waals surface area contributed by atoms with E-state index in [2.05, 4.69) is 19.9 Å². The molecule has 0 bridgehead atoms. The van der Waals surface area contributed by atoms with E-state index in [1.807, 2.05) is 26.0 Å². The van der Waals surface area contributed by atoms with Crippen molar-refractivity contribution in [2.45, 2.75) is 53.1 Å². The van der Waals surface area contributed by atoms with Gasteiger partial charge in [-0.25, -0.2) is 0 Å². The lowest BCUT2D eigenvalue weighted by atomic mass is 9.80. The van der Waals surface area contributed by atoms with E-state index in [9.17, 15) is 4.79 Å². The van der Waals surface area contributed by atoms with E-state index in [0.29, 0.717) is 5.92 Å². The first-order valence-electron chi connectivity index (χ1n) is 7.69. The number of carbonyl (C=O) groups excluding carboxylic acids is 1. The molecule has 3 unspecified atom stereocenters. The molecular weight excluding hydrogens is 248 g/mol. The number of carbonyl (C=O) groups is 1. The molecule has 1 aliphatic rings. The lowest BCUT2D eigenvalue weighted by Crippen LogP contribution is -2.28. The van der Waals surface area contributed by atoms with Crippen molar-refractivity contribution in [2.24, 2.45) is 11.8 Å². The van der Waals surface area contributed by atoms with Crippen molar-refractivity contribution in [3.63, 3.8) is 0 Å². The lowest BCUT2D eigenvalue weighted by Gasteiger charge is -2.31. The molecule has 0 amide bonds. The molecule has 1 fully saturated rings. The summed E-state index contributed by atoms with van der Waals surface area (Å²) in [6, 6.07) is 5.96. The summed E-state index contributed by atoms with van der Waals surface area (Å²) >= 11 is 0. The Kier molecular flexibility index (Phi) is 4.98. The Bertz CT molecular complexity index is 478. The van der Waals surface area contributed by atoms with Crippen LogP contribution in [-0.4, -0.2) is 18.5 Å². The van der Waals surface area contributed by atoms with E-state index in [-0.39, 0.29) is 18.5 Å². The molecule has 3 atom stereocenters. The molecule has 1 aromatic carbocycles. The van der Waals surface area contributed by atoms with Crippen molar-refractivity contribution in [1.82, 2.24) is 0 Å². The van der Waals surface area contributed by atoms with E-state index in [1.54, 1.807) is 0 Å². The molecule has 0 N–H and O–H groups in total. The number of ketones is 1. The summed E-state index contributed by atoms with van der Waals surface area (Å²) in [5.41, 5.74) is 3.03. The minimum Gasteiger partial charge on any atom is -0.370 e. The van der Waals surface area contributed by atoms with Crippen LogP contribution in [0.1, 0.15) is 54.6 Å². The molecule has 20 heavy (non-hydrogen) atoms. The van der Waals surface area contributed by atoms with Gasteiger partial charge < -0.3 is 4.74 Å². The quantitative estimate of drug-likeness (QED) is 0.764. The second-order valence-corrected chi connectivity index (χ2v) is 6.44. The van der Waals surface area contributed by atoms with Crippen molar-refractivity contribution in [1.29, 1.82) is 0 Å². The van der Waals surface area contributed by atoms with E-state index < -0.39 is 0 Å². The largest absolute Gasteiger partial charge is 0.370 e. The molecule has 2 heteroatoms. The fraction of sp³-hybridized carbons (Fsp3) is 0.611. The summed E-state index contributed by atoms with van der Waals surface area (Å²) in [6.45, 7) is 8.84. The van der Waals surface area contributed by atoms with Crippen LogP contribution in [-0.2, 0) is 4.74 Å². The average molecular weight is 274 g/mol. The molecule has 2 rings (SSSR count). The third-order valence-electron chi connectivity index (χ3n) is 4.68. The summed E-state index contributed by atoms with van der Waals surface area (Å²) in [6.07, 6.45) is 3.65. The van der Waals surface area contributed by atoms with Crippen molar-refractivity contribution in [2.75, 3.05) is 6.61 Å². The molecule has 110 valence electrons. The highest BCUT2D eigenvalue weighted by atomic mass is 16.5. The maximum atomic E-state index is 12.2. The minimum atomic E-state index is 0.105. The second kappa shape index (κ2) is 6.53. The molecule has 0 radical (unpaired) electrons. The maximum Gasteiger partial charge on any atom is 0.188 e. The Morgan fingerprint density at radius 1 is 1.20 bits per heavy atom. The van der Waals surface area contributed by atoms with Crippen molar-refractivity contribution in [3.05, 3.63) is 34.9 Å². The summed E-state index contributed by atoms with van der Waals surface area (Å²) in [5.74, 6) is 1.59. The highest BCUT2D eigenvalue weighted by Crippen LogP contribution is 2.31. The monoisotopic (exact) mass is 274 g/mol. The first-order valence-corrected chi connectivity index (χ1v) is 7.69. The predicted octanol–water partition coefficient (Wildman–Crippen LogP) is 4.33. The van der Waals surface area contributed by atoms with Crippen LogP contribution in [0, 0.1) is 25.7 Å². The third-order valence-corrected chi connectivity index (χ3v) is 4.68. The zero-order valence-electron chi connectivity index (χ0n) is 13.1. The van der Waals surface area contributed by atoms with Crippen LogP contribution in [0.3, 0.4) is 0 Å². The van der Waals surface area contributed by atoms with Gasteiger partial charge in [0, 0.05) is 5.56 Å². The summed E-state index contributed by atoms with van der Waals surface area (Å²) in [4.78, 5) is 12.2. The van der Waals surface area contributed by atoms with Gasteiger partial charge in [-0.2, -0.15) is 0 Å². The molecule has 0 spiro atoms. The first-order chi connectivity index (χ1) is 9.47. The fourth-order valence-electron chi connectivity index (χ4n) is 3.05. The van der Waals surface area contributed by atoms with Crippen LogP contribution in [0.4, 0.5) is 0 Å². The number of aryl methyl sites for hydroxylation is 2. The number of rotatable bonds is 4. The molecule has 1 saturated carbocycles. The molecule has 0 aromatic heterocycles. The fourth-order valence-corrected chi connectivity index (χ4v) is 3.05. The zero-order chi connectivity index (χ0) is 14.7. The van der Waals surface area contributed by atoms with Gasteiger partial charge in [0.15, 0.2) is 5.78 Å². The van der Waals surface area contributed by atoms with Crippen molar-refractivity contribution in [3.8, 4) is 0 Å². The molecule has 0 saturated heterocycles. The normalized spacial score (nSPS) is 26.5. The number of benzene rings is 1. The van der Waals surface area contributed by atoms with Gasteiger partial charge in [-0.05, 0) is 50.5 Å². The van der Waals surface area contributed by atoms with Crippen molar-refractivity contribution < 1.29 is 9.53 Å². The molecule has 0 heterocycles. The number of hydrogen-bond acceptors (Lipinski definition) is 2. The molecule has 0 aliphatic heterocycles. The second-order valence-electron chi connectivity index (χ2n) is 6.44. The van der Waals surface area contributed by atoms with Gasteiger partial charge in [0.25, 0.3) is 0 Å². The standard InChI is InChI=1S/C18H26O2/c1-12-5-8-17(15(4)9-12)18(19)11-20-16-7-6-13(2)14(3)10-16/h5,8-9,13-14,16H,6-7,10-11H2,1-4H3. The van der Waals surface area contributed by atoms with Crippen LogP contribution in [0.2, 0.25) is 0 Å². The minimum absolute atomic E-state index is 0.105. The number of Topliss-reactive ketones (excluding diaryl/α,β-unsaturated/α-hetero) is 1. The van der Waals surface area contributed by atoms with E-state index in [4.69, 9.17) is 4.74 Å². The van der Waals surface area contributed by atoms with Crippen LogP contribution >= 0.6 is 0 Å². The van der Waals surface area contributed by atoms with Crippen LogP contribution in [0.25, 0.3) is 0 Å². The molecule has 1 aromatic rings. The summed E-state index contributed by atoms with van der Waals surface area (Å²) in [7, 11) is 0. The third kappa shape index (κ3) is 3.69. The highest BCUT2D eigenvalue weighted by Gasteiger charge is 2.25. The Labute approximate surface area is 122 Å². The van der Waals surface area contributed by atoms with Gasteiger partial charge in [0.05, 0.1) is 6.10 Å². The topological polar surface area (TPSA) is 26.3 Å². The summed E-state index contributed by atoms with van der Waals surface area (Å²) in [5, 5.41) is 0. The van der Waals surface area contributed by atoms with E-state index in [1.165, 1.54) is 12.0 Å². The molecular formula is C18H26O2. The van der Waals surface area contributed by atoms with Crippen molar-refractivity contribution >= 4 is 5.78 Å². The van der Waals surface area contributed by atoms with Crippen LogP contribution in [0.5, 0.6) is 0 Å². The van der Waals surface area contributed by atoms with Gasteiger partial charge in [-0.1, -0.05) is 37.6 Å². The Morgan fingerprint density at radius 3 is 2.60 bits per heavy atom. The summed E-state index contributed by atoms with van der Waals surface area (Å²) < 4.78 is 5.85. The van der Waals surface area contributed by atoms with Crippen LogP contribution in [0.15, 0.2) is 18.2 Å². The average Bonchev–Trinajstić information content (AvgIpc) is 2.40. The zero-order valence-corrected chi connectivity index (χ0v) is 13.1. The molecule has 1 aliphatic carbocycles. The van der Waals surface area contributed by atoms with Gasteiger partial charge in [-0.3, -0.25) is 4.79 Å². The Hall–Kier alpha value is -1.15. The van der Waals surface area contributed by atoms with E-state index >= 15 is 0 Å². The smallest absolute Gasteiger partial charge is 0.188 e. The number of ether oxygens (including phenoxy) is 1.